The molecule has 1 aromatic carbocycles. The van der Waals surface area contributed by atoms with Gasteiger partial charge in [0.1, 0.15) is 0 Å². The van der Waals surface area contributed by atoms with Crippen molar-refractivity contribution in [1.82, 2.24) is 0 Å². The van der Waals surface area contributed by atoms with Crippen molar-refractivity contribution in [1.29, 1.82) is 0 Å². The molecule has 1 rings (SSSR count). The maximum absolute atomic E-state index is 11.9. The summed E-state index contributed by atoms with van der Waals surface area (Å²) >= 11 is -0.00987. The van der Waals surface area contributed by atoms with Gasteiger partial charge in [-0.1, -0.05) is 0 Å². The summed E-state index contributed by atoms with van der Waals surface area (Å²) in [7, 11) is 3.87. The minimum Gasteiger partial charge on any atom is -0.384 e. The van der Waals surface area contributed by atoms with Crippen molar-refractivity contribution in [3.63, 3.8) is 0 Å². The van der Waals surface area contributed by atoms with Crippen LogP contribution in [-0.2, 0) is 0 Å². The fourth-order valence-electron chi connectivity index (χ4n) is 1.24. The van der Waals surface area contributed by atoms with Crippen molar-refractivity contribution in [2.24, 2.45) is 0 Å². The van der Waals surface area contributed by atoms with Crippen LogP contribution in [0.3, 0.4) is 0 Å². The number of nitrogens with zero attached hydrogens (tertiary/aromatic N) is 1. The number of anilines is 2. The van der Waals surface area contributed by atoms with Crippen LogP contribution in [0.2, 0.25) is 0 Å². The molecular formula is C11H15F3N2S. The fraction of sp³-hybridized carbons (Fsp3) is 0.455. The Balaban J connectivity index is 2.33. The first-order valence-electron chi connectivity index (χ1n) is 5.10. The van der Waals surface area contributed by atoms with Crippen molar-refractivity contribution in [2.45, 2.75) is 5.51 Å². The molecule has 0 aromatic heterocycles. The largest absolute Gasteiger partial charge is 0.441 e. The summed E-state index contributed by atoms with van der Waals surface area (Å²) in [6.07, 6.45) is 0. The monoisotopic (exact) mass is 264 g/mol. The summed E-state index contributed by atoms with van der Waals surface area (Å²) in [5, 5.41) is 2.94. The highest BCUT2D eigenvalue weighted by atomic mass is 32.2. The second-order valence-corrected chi connectivity index (χ2v) is 4.82. The first-order chi connectivity index (χ1) is 7.88. The van der Waals surface area contributed by atoms with Gasteiger partial charge in [-0.2, -0.15) is 13.2 Å². The molecule has 0 saturated carbocycles. The normalized spacial score (nSPS) is 11.4. The Labute approximate surface area is 103 Å². The van der Waals surface area contributed by atoms with E-state index in [1.807, 2.05) is 43.3 Å². The zero-order valence-corrected chi connectivity index (χ0v) is 10.5. The van der Waals surface area contributed by atoms with Gasteiger partial charge in [0.2, 0.25) is 0 Å². The van der Waals surface area contributed by atoms with Crippen molar-refractivity contribution < 1.29 is 13.2 Å². The lowest BCUT2D eigenvalue weighted by atomic mass is 10.2. The zero-order valence-electron chi connectivity index (χ0n) is 9.71. The van der Waals surface area contributed by atoms with E-state index in [0.29, 0.717) is 6.54 Å². The molecule has 2 nitrogen and oxygen atoms in total. The number of hydrogen-bond acceptors (Lipinski definition) is 3. The summed E-state index contributed by atoms with van der Waals surface area (Å²) in [5.41, 5.74) is -2.25. The van der Waals surface area contributed by atoms with E-state index < -0.39 is 5.51 Å². The molecule has 0 unspecified atom stereocenters. The smallest absolute Gasteiger partial charge is 0.384 e. The molecule has 0 bridgehead atoms. The van der Waals surface area contributed by atoms with Crippen LogP contribution in [0.15, 0.2) is 24.3 Å². The number of rotatable bonds is 5. The summed E-state index contributed by atoms with van der Waals surface area (Å²) < 4.78 is 35.6. The standard InChI is InChI=1S/C11H15F3N2S/c1-16(2)10-5-3-9(4-6-10)15-7-8-17-11(12,13)14/h3-6,15H,7-8H2,1-2H3. The number of hydrogen-bond donors (Lipinski definition) is 1. The molecule has 0 aliphatic heterocycles. The van der Waals surface area contributed by atoms with Crippen LogP contribution in [0, 0.1) is 0 Å². The molecular weight excluding hydrogens is 249 g/mol. The van der Waals surface area contributed by atoms with Gasteiger partial charge < -0.3 is 10.2 Å². The third-order valence-corrected chi connectivity index (χ3v) is 2.82. The average molecular weight is 264 g/mol. The number of nitrogens with one attached hydrogen (secondary N) is 1. The lowest BCUT2D eigenvalue weighted by Crippen LogP contribution is -2.10. The molecule has 0 radical (unpaired) electrons. The van der Waals surface area contributed by atoms with Crippen LogP contribution in [0.25, 0.3) is 0 Å². The lowest BCUT2D eigenvalue weighted by molar-refractivity contribution is -0.0327. The highest BCUT2D eigenvalue weighted by Gasteiger charge is 2.27. The summed E-state index contributed by atoms with van der Waals surface area (Å²) in [6, 6.07) is 7.54. The third-order valence-electron chi connectivity index (χ3n) is 2.08. The SMILES string of the molecule is CN(C)c1ccc(NCCSC(F)(F)F)cc1. The van der Waals surface area contributed by atoms with E-state index in [-0.39, 0.29) is 17.5 Å². The number of halogens is 3. The Kier molecular flexibility index (Phi) is 4.99. The molecule has 96 valence electrons. The van der Waals surface area contributed by atoms with Crippen molar-refractivity contribution in [3.8, 4) is 0 Å². The van der Waals surface area contributed by atoms with E-state index >= 15 is 0 Å². The van der Waals surface area contributed by atoms with Crippen molar-refractivity contribution in [2.75, 3.05) is 36.6 Å². The highest BCUT2D eigenvalue weighted by Crippen LogP contribution is 2.29. The van der Waals surface area contributed by atoms with Crippen LogP contribution >= 0.6 is 11.8 Å². The van der Waals surface area contributed by atoms with Gasteiger partial charge in [0.05, 0.1) is 0 Å². The van der Waals surface area contributed by atoms with Gasteiger partial charge in [0.15, 0.2) is 0 Å². The van der Waals surface area contributed by atoms with Gasteiger partial charge in [0, 0.05) is 37.8 Å². The second kappa shape index (κ2) is 6.05. The van der Waals surface area contributed by atoms with E-state index in [1.165, 1.54) is 0 Å². The molecule has 0 amide bonds. The quantitative estimate of drug-likeness (QED) is 0.820. The number of thioether (sulfide) groups is 1. The van der Waals surface area contributed by atoms with Crippen molar-refractivity contribution >= 4 is 23.1 Å². The van der Waals surface area contributed by atoms with Crippen LogP contribution in [0.1, 0.15) is 0 Å². The molecule has 1 aromatic rings. The third kappa shape index (κ3) is 5.72. The van der Waals surface area contributed by atoms with Gasteiger partial charge in [-0.05, 0) is 36.0 Å². The number of alkyl halides is 3. The van der Waals surface area contributed by atoms with E-state index in [0.717, 1.165) is 11.4 Å². The maximum Gasteiger partial charge on any atom is 0.441 e. The van der Waals surface area contributed by atoms with Crippen LogP contribution in [-0.4, -0.2) is 31.9 Å². The van der Waals surface area contributed by atoms with Gasteiger partial charge in [-0.15, -0.1) is 0 Å². The molecule has 0 aliphatic carbocycles. The predicted molar refractivity (Wildman–Crippen MR) is 67.8 cm³/mol. The molecule has 0 fully saturated rings. The maximum atomic E-state index is 11.9. The Hall–Kier alpha value is -1.04. The molecule has 17 heavy (non-hydrogen) atoms. The Morgan fingerprint density at radius 3 is 2.24 bits per heavy atom. The Morgan fingerprint density at radius 1 is 1.18 bits per heavy atom. The first-order valence-corrected chi connectivity index (χ1v) is 6.09. The van der Waals surface area contributed by atoms with E-state index in [1.54, 1.807) is 0 Å². The second-order valence-electron chi connectivity index (χ2n) is 3.66. The van der Waals surface area contributed by atoms with Crippen LogP contribution in [0.5, 0.6) is 0 Å². The average Bonchev–Trinajstić information content (AvgIpc) is 2.24. The van der Waals surface area contributed by atoms with Gasteiger partial charge in [-0.25, -0.2) is 0 Å². The fourth-order valence-corrected chi connectivity index (χ4v) is 1.68. The topological polar surface area (TPSA) is 15.3 Å². The predicted octanol–water partition coefficient (Wildman–Crippen LogP) is 3.42. The van der Waals surface area contributed by atoms with E-state index in [4.69, 9.17) is 0 Å². The first kappa shape index (κ1) is 14.0. The molecule has 1 N–H and O–H groups in total. The summed E-state index contributed by atoms with van der Waals surface area (Å²) in [5.74, 6) is 0.0128. The summed E-state index contributed by atoms with van der Waals surface area (Å²) in [4.78, 5) is 1.96. The van der Waals surface area contributed by atoms with Gasteiger partial charge in [-0.3, -0.25) is 0 Å². The zero-order chi connectivity index (χ0) is 12.9. The molecule has 6 heteroatoms. The molecule has 0 aliphatic rings. The Bertz CT molecular complexity index is 336. The van der Waals surface area contributed by atoms with E-state index in [9.17, 15) is 13.2 Å². The van der Waals surface area contributed by atoms with E-state index in [2.05, 4.69) is 5.32 Å². The molecule has 0 saturated heterocycles. The van der Waals surface area contributed by atoms with Gasteiger partial charge in [0.25, 0.3) is 0 Å². The van der Waals surface area contributed by atoms with Crippen molar-refractivity contribution in [3.05, 3.63) is 24.3 Å². The lowest BCUT2D eigenvalue weighted by Gasteiger charge is -2.13. The minimum atomic E-state index is -4.14. The molecule has 0 heterocycles. The minimum absolute atomic E-state index is 0.00987. The van der Waals surface area contributed by atoms with Crippen LogP contribution < -0.4 is 10.2 Å². The highest BCUT2D eigenvalue weighted by molar-refractivity contribution is 8.00. The molecule has 0 spiro atoms. The molecule has 0 atom stereocenters. The number of benzene rings is 1. The van der Waals surface area contributed by atoms with Gasteiger partial charge >= 0.3 is 5.51 Å². The van der Waals surface area contributed by atoms with Crippen LogP contribution in [0.4, 0.5) is 24.5 Å². The summed E-state index contributed by atoms with van der Waals surface area (Å²) in [6.45, 7) is 0.297. The Morgan fingerprint density at radius 2 is 1.76 bits per heavy atom.